The minimum Gasteiger partial charge on any atom is -0.497 e. The molecule has 0 unspecified atom stereocenters. The summed E-state index contributed by atoms with van der Waals surface area (Å²) in [5.74, 6) is 1.41. The molecule has 1 aromatic carbocycles. The summed E-state index contributed by atoms with van der Waals surface area (Å²) in [4.78, 5) is 0. The SMILES string of the molecule is COc1ccc(COC[C@H]2O[C@]3(CC[C@H]2C)CC[C@H](C)[C@@H](CC=C(Br)Br)O3)cc1. The molecule has 0 aliphatic carbocycles. The van der Waals surface area contributed by atoms with Crippen LogP contribution in [-0.4, -0.2) is 31.7 Å². The average Bonchev–Trinajstić information content (AvgIpc) is 2.72. The molecule has 2 heterocycles. The fourth-order valence-electron chi connectivity index (χ4n) is 4.14. The summed E-state index contributed by atoms with van der Waals surface area (Å²) in [6.07, 6.45) is 7.42. The zero-order valence-electron chi connectivity index (χ0n) is 17.5. The third-order valence-electron chi connectivity index (χ3n) is 6.18. The normalized spacial score (nSPS) is 32.2. The van der Waals surface area contributed by atoms with Crippen molar-refractivity contribution < 1.29 is 18.9 Å². The zero-order chi connectivity index (χ0) is 20.9. The van der Waals surface area contributed by atoms with Crippen molar-refractivity contribution in [2.75, 3.05) is 13.7 Å². The van der Waals surface area contributed by atoms with Crippen LogP contribution in [0.2, 0.25) is 0 Å². The molecular formula is C23H32Br2O4. The minimum atomic E-state index is -0.454. The van der Waals surface area contributed by atoms with Gasteiger partial charge in [-0.05, 0) is 80.7 Å². The molecule has 1 spiro atoms. The Morgan fingerprint density at radius 2 is 1.69 bits per heavy atom. The number of halogens is 2. The van der Waals surface area contributed by atoms with Crippen LogP contribution >= 0.6 is 31.9 Å². The monoisotopic (exact) mass is 530 g/mol. The summed E-state index contributed by atoms with van der Waals surface area (Å²) in [5, 5.41) is 0. The number of methoxy groups -OCH3 is 1. The molecule has 6 heteroatoms. The van der Waals surface area contributed by atoms with Gasteiger partial charge in [-0.2, -0.15) is 0 Å². The largest absolute Gasteiger partial charge is 0.497 e. The fourth-order valence-corrected chi connectivity index (χ4v) is 4.51. The summed E-state index contributed by atoms with van der Waals surface area (Å²) in [7, 11) is 1.68. The second-order valence-electron chi connectivity index (χ2n) is 8.35. The Morgan fingerprint density at radius 3 is 2.31 bits per heavy atom. The van der Waals surface area contributed by atoms with Crippen LogP contribution in [0.5, 0.6) is 5.75 Å². The first kappa shape index (κ1) is 23.3. The zero-order valence-corrected chi connectivity index (χ0v) is 20.7. The van der Waals surface area contributed by atoms with Crippen molar-refractivity contribution in [1.82, 2.24) is 0 Å². The smallest absolute Gasteiger partial charge is 0.169 e. The van der Waals surface area contributed by atoms with Gasteiger partial charge in [0.15, 0.2) is 5.79 Å². The first-order chi connectivity index (χ1) is 13.9. The molecule has 2 aliphatic heterocycles. The number of benzene rings is 1. The molecule has 0 bridgehead atoms. The van der Waals surface area contributed by atoms with E-state index in [9.17, 15) is 0 Å². The van der Waals surface area contributed by atoms with Crippen LogP contribution in [0.25, 0.3) is 0 Å². The highest BCUT2D eigenvalue weighted by Crippen LogP contribution is 2.43. The molecular weight excluding hydrogens is 500 g/mol. The van der Waals surface area contributed by atoms with Gasteiger partial charge in [0.2, 0.25) is 0 Å². The maximum absolute atomic E-state index is 6.58. The van der Waals surface area contributed by atoms with E-state index >= 15 is 0 Å². The molecule has 0 N–H and O–H groups in total. The summed E-state index contributed by atoms with van der Waals surface area (Å²) in [5.41, 5.74) is 1.14. The highest BCUT2D eigenvalue weighted by molar-refractivity contribution is 9.28. The predicted molar refractivity (Wildman–Crippen MR) is 122 cm³/mol. The van der Waals surface area contributed by atoms with Gasteiger partial charge in [0, 0.05) is 12.8 Å². The van der Waals surface area contributed by atoms with Crippen LogP contribution < -0.4 is 4.74 Å². The molecule has 2 saturated heterocycles. The molecule has 3 rings (SSSR count). The van der Waals surface area contributed by atoms with Crippen LogP contribution in [0.1, 0.15) is 51.5 Å². The maximum Gasteiger partial charge on any atom is 0.169 e. The van der Waals surface area contributed by atoms with E-state index in [0.29, 0.717) is 25.0 Å². The van der Waals surface area contributed by atoms with E-state index in [1.807, 2.05) is 24.3 Å². The van der Waals surface area contributed by atoms with Gasteiger partial charge in [-0.3, -0.25) is 0 Å². The molecule has 0 saturated carbocycles. The highest BCUT2D eigenvalue weighted by Gasteiger charge is 2.46. The Balaban J connectivity index is 1.55. The van der Waals surface area contributed by atoms with Crippen molar-refractivity contribution in [3.63, 3.8) is 0 Å². The molecule has 2 fully saturated rings. The fraction of sp³-hybridized carbons (Fsp3) is 0.652. The number of ether oxygens (including phenoxy) is 4. The summed E-state index contributed by atoms with van der Waals surface area (Å²) in [6, 6.07) is 8.00. The molecule has 1 aromatic rings. The van der Waals surface area contributed by atoms with E-state index in [1.165, 1.54) is 0 Å². The summed E-state index contributed by atoms with van der Waals surface area (Å²) >= 11 is 6.90. The van der Waals surface area contributed by atoms with E-state index in [0.717, 1.165) is 46.8 Å². The van der Waals surface area contributed by atoms with Crippen molar-refractivity contribution in [3.8, 4) is 5.75 Å². The molecule has 162 valence electrons. The van der Waals surface area contributed by atoms with Gasteiger partial charge in [0.05, 0.1) is 35.9 Å². The number of hydrogen-bond donors (Lipinski definition) is 0. The molecule has 0 amide bonds. The van der Waals surface area contributed by atoms with Gasteiger partial charge in [-0.15, -0.1) is 0 Å². The lowest BCUT2D eigenvalue weighted by atomic mass is 9.84. The predicted octanol–water partition coefficient (Wildman–Crippen LogP) is 6.56. The van der Waals surface area contributed by atoms with E-state index in [2.05, 4.69) is 51.8 Å². The number of rotatable bonds is 7. The second kappa shape index (κ2) is 10.8. The quantitative estimate of drug-likeness (QED) is 0.399. The van der Waals surface area contributed by atoms with Gasteiger partial charge >= 0.3 is 0 Å². The van der Waals surface area contributed by atoms with Gasteiger partial charge in [-0.25, -0.2) is 0 Å². The Labute approximate surface area is 191 Å². The van der Waals surface area contributed by atoms with E-state index in [-0.39, 0.29) is 12.2 Å². The van der Waals surface area contributed by atoms with Crippen molar-refractivity contribution in [2.45, 2.75) is 70.6 Å². The number of hydrogen-bond acceptors (Lipinski definition) is 4. The van der Waals surface area contributed by atoms with Crippen molar-refractivity contribution in [2.24, 2.45) is 11.8 Å². The Bertz CT molecular complexity index is 670. The van der Waals surface area contributed by atoms with Crippen molar-refractivity contribution in [3.05, 3.63) is 39.3 Å². The maximum atomic E-state index is 6.58. The molecule has 4 nitrogen and oxygen atoms in total. The van der Waals surface area contributed by atoms with E-state index in [4.69, 9.17) is 18.9 Å². The van der Waals surface area contributed by atoms with Gasteiger partial charge < -0.3 is 18.9 Å². The lowest BCUT2D eigenvalue weighted by Gasteiger charge is -2.49. The average molecular weight is 532 g/mol. The first-order valence-electron chi connectivity index (χ1n) is 10.5. The van der Waals surface area contributed by atoms with Crippen LogP contribution in [0, 0.1) is 11.8 Å². The third-order valence-corrected chi connectivity index (χ3v) is 6.82. The summed E-state index contributed by atoms with van der Waals surface area (Å²) in [6.45, 7) is 5.69. The third kappa shape index (κ3) is 6.54. The molecule has 0 aromatic heterocycles. The minimum absolute atomic E-state index is 0.0644. The Morgan fingerprint density at radius 1 is 1.07 bits per heavy atom. The lowest BCUT2D eigenvalue weighted by molar-refractivity contribution is -0.334. The first-order valence-corrected chi connectivity index (χ1v) is 12.1. The van der Waals surface area contributed by atoms with E-state index < -0.39 is 5.79 Å². The highest BCUT2D eigenvalue weighted by atomic mass is 79.9. The molecule has 5 atom stereocenters. The van der Waals surface area contributed by atoms with Crippen LogP contribution in [0.15, 0.2) is 33.7 Å². The Kier molecular flexibility index (Phi) is 8.63. The van der Waals surface area contributed by atoms with Crippen molar-refractivity contribution in [1.29, 1.82) is 0 Å². The van der Waals surface area contributed by atoms with Gasteiger partial charge in [0.25, 0.3) is 0 Å². The van der Waals surface area contributed by atoms with E-state index in [1.54, 1.807) is 7.11 Å². The summed E-state index contributed by atoms with van der Waals surface area (Å²) < 4.78 is 25.3. The molecule has 2 aliphatic rings. The van der Waals surface area contributed by atoms with Gasteiger partial charge in [0.1, 0.15) is 5.75 Å². The standard InChI is InChI=1S/C23H32Br2O4/c1-16-10-12-23(28-20(16)8-9-22(24)25)13-11-17(2)21(29-23)15-27-14-18-4-6-19(26-3)7-5-18/h4-7,9,16-17,20-21H,8,10-15H2,1-3H3/t16-,17+,20+,21+,23-/m0/s1. The molecule has 29 heavy (non-hydrogen) atoms. The van der Waals surface area contributed by atoms with Gasteiger partial charge in [-0.1, -0.05) is 32.1 Å². The Hall–Kier alpha value is -0.400. The second-order valence-corrected chi connectivity index (χ2v) is 11.1. The lowest BCUT2D eigenvalue weighted by Crippen LogP contribution is -2.53. The van der Waals surface area contributed by atoms with Crippen molar-refractivity contribution >= 4 is 31.9 Å². The van der Waals surface area contributed by atoms with Crippen LogP contribution in [0.4, 0.5) is 0 Å². The topological polar surface area (TPSA) is 36.9 Å². The molecule has 0 radical (unpaired) electrons. The van der Waals surface area contributed by atoms with Crippen LogP contribution in [0.3, 0.4) is 0 Å². The van der Waals surface area contributed by atoms with Crippen LogP contribution in [-0.2, 0) is 20.8 Å².